The second-order valence-electron chi connectivity index (χ2n) is 5.77. The van der Waals surface area contributed by atoms with Crippen LogP contribution in [0.2, 0.25) is 0 Å². The summed E-state index contributed by atoms with van der Waals surface area (Å²) in [4.78, 5) is 0. The predicted octanol–water partition coefficient (Wildman–Crippen LogP) is 7.86. The van der Waals surface area contributed by atoms with Crippen LogP contribution in [0.15, 0.2) is 75.7 Å². The summed E-state index contributed by atoms with van der Waals surface area (Å²) in [5.41, 5.74) is 6.08. The molecule has 0 atom stereocenters. The van der Waals surface area contributed by atoms with Crippen molar-refractivity contribution in [3.63, 3.8) is 0 Å². The van der Waals surface area contributed by atoms with E-state index < -0.39 is 0 Å². The normalized spacial score (nSPS) is 11.5. The Kier molecular flexibility index (Phi) is 6.06. The zero-order valence-electron chi connectivity index (χ0n) is 13.9. The highest BCUT2D eigenvalue weighted by Gasteiger charge is 2.00. The van der Waals surface area contributed by atoms with Crippen LogP contribution in [0.3, 0.4) is 0 Å². The molecule has 0 saturated heterocycles. The highest BCUT2D eigenvalue weighted by molar-refractivity contribution is 9.10. The van der Waals surface area contributed by atoms with Gasteiger partial charge in [0.15, 0.2) is 0 Å². The van der Waals surface area contributed by atoms with Crippen molar-refractivity contribution in [1.82, 2.24) is 0 Å². The average molecular weight is 454 g/mol. The van der Waals surface area contributed by atoms with Crippen LogP contribution < -0.4 is 0 Å². The van der Waals surface area contributed by atoms with Crippen LogP contribution >= 0.6 is 31.9 Å². The van der Waals surface area contributed by atoms with Crippen LogP contribution in [0.5, 0.6) is 0 Å². The third-order valence-electron chi connectivity index (χ3n) is 4.11. The van der Waals surface area contributed by atoms with E-state index >= 15 is 0 Å². The molecule has 0 heterocycles. The van der Waals surface area contributed by atoms with E-state index in [1.54, 1.807) is 0 Å². The first-order valence-electron chi connectivity index (χ1n) is 8.10. The van der Waals surface area contributed by atoms with Gasteiger partial charge in [0.1, 0.15) is 0 Å². The fourth-order valence-corrected chi connectivity index (χ4v) is 3.45. The van der Waals surface area contributed by atoms with Crippen molar-refractivity contribution in [2.45, 2.75) is 6.92 Å². The molecule has 0 nitrogen and oxygen atoms in total. The molecule has 0 radical (unpaired) electrons. The molecule has 0 amide bonds. The molecule has 124 valence electrons. The minimum Gasteiger partial charge on any atom is -0.0616 e. The zero-order chi connectivity index (χ0) is 17.6. The van der Waals surface area contributed by atoms with Crippen molar-refractivity contribution in [2.24, 2.45) is 0 Å². The molecule has 0 fully saturated rings. The minimum absolute atomic E-state index is 1.11. The van der Waals surface area contributed by atoms with Crippen LogP contribution in [0, 0.1) is 6.92 Å². The molecular weight excluding hydrogens is 436 g/mol. The Morgan fingerprint density at radius 2 is 0.880 bits per heavy atom. The van der Waals surface area contributed by atoms with Crippen LogP contribution in [-0.2, 0) is 0 Å². The quantitative estimate of drug-likeness (QED) is 0.352. The Balaban J connectivity index is 1.88. The van der Waals surface area contributed by atoms with Crippen molar-refractivity contribution in [1.29, 1.82) is 0 Å². The molecule has 0 N–H and O–H groups in total. The molecule has 3 aromatic rings. The Morgan fingerprint density at radius 3 is 1.32 bits per heavy atom. The summed E-state index contributed by atoms with van der Waals surface area (Å²) in [6.45, 7) is 2.17. The van der Waals surface area contributed by atoms with Crippen LogP contribution in [0.4, 0.5) is 0 Å². The molecule has 0 aliphatic rings. The SMILES string of the molecule is Cc1c(/C=C/c2ccccc2Br)cccc1/C=C/c1ccccc1Br. The van der Waals surface area contributed by atoms with Crippen molar-refractivity contribution < 1.29 is 0 Å². The van der Waals surface area contributed by atoms with E-state index in [0.29, 0.717) is 0 Å². The topological polar surface area (TPSA) is 0 Å². The van der Waals surface area contributed by atoms with Crippen LogP contribution in [0.1, 0.15) is 27.8 Å². The van der Waals surface area contributed by atoms with Gasteiger partial charge in [-0.1, -0.05) is 111 Å². The lowest BCUT2D eigenvalue weighted by Crippen LogP contribution is -1.86. The van der Waals surface area contributed by atoms with Crippen molar-refractivity contribution >= 4 is 56.2 Å². The fraction of sp³-hybridized carbons (Fsp3) is 0.0435. The number of hydrogen-bond donors (Lipinski definition) is 0. The standard InChI is InChI=1S/C23H18Br2/c1-17-18(13-15-20-7-2-4-11-22(20)24)9-6-10-19(17)14-16-21-8-3-5-12-23(21)25/h2-16H,1H3/b15-13+,16-14+. The van der Waals surface area contributed by atoms with E-state index in [1.807, 2.05) is 24.3 Å². The monoisotopic (exact) mass is 452 g/mol. The van der Waals surface area contributed by atoms with Gasteiger partial charge in [-0.3, -0.25) is 0 Å². The lowest BCUT2D eigenvalue weighted by atomic mass is 10.0. The number of halogens is 2. The molecule has 25 heavy (non-hydrogen) atoms. The summed E-state index contributed by atoms with van der Waals surface area (Å²) in [5, 5.41) is 0. The van der Waals surface area contributed by atoms with Crippen LogP contribution in [-0.4, -0.2) is 0 Å². The lowest BCUT2D eigenvalue weighted by molar-refractivity contribution is 1.42. The maximum atomic E-state index is 3.59. The molecule has 0 aliphatic heterocycles. The van der Waals surface area contributed by atoms with Crippen LogP contribution in [0.25, 0.3) is 24.3 Å². The van der Waals surface area contributed by atoms with Gasteiger partial charge in [-0.2, -0.15) is 0 Å². The molecule has 0 aliphatic carbocycles. The lowest BCUT2D eigenvalue weighted by Gasteiger charge is -2.06. The second kappa shape index (κ2) is 8.46. The largest absolute Gasteiger partial charge is 0.0616 e. The molecule has 0 saturated carbocycles. The maximum absolute atomic E-state index is 3.59. The number of benzene rings is 3. The summed E-state index contributed by atoms with van der Waals surface area (Å²) in [6, 6.07) is 22.9. The average Bonchev–Trinajstić information content (AvgIpc) is 2.62. The van der Waals surface area contributed by atoms with Gasteiger partial charge in [0.05, 0.1) is 0 Å². The molecule has 0 aromatic heterocycles. The first-order chi connectivity index (χ1) is 12.1. The van der Waals surface area contributed by atoms with E-state index in [9.17, 15) is 0 Å². The first kappa shape index (κ1) is 17.9. The first-order valence-corrected chi connectivity index (χ1v) is 9.68. The Hall–Kier alpha value is -1.90. The van der Waals surface area contributed by atoms with Crippen molar-refractivity contribution in [3.05, 3.63) is 103 Å². The van der Waals surface area contributed by atoms with Gasteiger partial charge >= 0.3 is 0 Å². The summed E-state index contributed by atoms with van der Waals surface area (Å²) in [6.07, 6.45) is 8.64. The van der Waals surface area contributed by atoms with Gasteiger partial charge in [0.2, 0.25) is 0 Å². The molecule has 3 rings (SSSR count). The van der Waals surface area contributed by atoms with Crippen molar-refractivity contribution in [3.8, 4) is 0 Å². The Bertz CT molecular complexity index is 863. The van der Waals surface area contributed by atoms with E-state index in [1.165, 1.54) is 27.8 Å². The molecular formula is C23H18Br2. The minimum atomic E-state index is 1.11. The predicted molar refractivity (Wildman–Crippen MR) is 117 cm³/mol. The van der Waals surface area contributed by atoms with Gasteiger partial charge in [0, 0.05) is 8.95 Å². The van der Waals surface area contributed by atoms with Gasteiger partial charge in [0.25, 0.3) is 0 Å². The molecule has 0 unspecified atom stereocenters. The maximum Gasteiger partial charge on any atom is 0.0247 e. The Labute approximate surface area is 166 Å². The summed E-state index contributed by atoms with van der Waals surface area (Å²) >= 11 is 7.19. The zero-order valence-corrected chi connectivity index (χ0v) is 17.1. The van der Waals surface area contributed by atoms with Gasteiger partial charge in [-0.25, -0.2) is 0 Å². The highest BCUT2D eigenvalue weighted by atomic mass is 79.9. The van der Waals surface area contributed by atoms with E-state index in [4.69, 9.17) is 0 Å². The van der Waals surface area contributed by atoms with Gasteiger partial charge in [-0.05, 0) is 46.9 Å². The summed E-state index contributed by atoms with van der Waals surface area (Å²) in [7, 11) is 0. The molecule has 0 spiro atoms. The van der Waals surface area contributed by atoms with E-state index in [2.05, 4.69) is 106 Å². The smallest absolute Gasteiger partial charge is 0.0247 e. The Morgan fingerprint density at radius 1 is 0.520 bits per heavy atom. The summed E-state index contributed by atoms with van der Waals surface area (Å²) < 4.78 is 2.21. The molecule has 0 bridgehead atoms. The fourth-order valence-electron chi connectivity index (χ4n) is 2.61. The molecule has 2 heteroatoms. The third kappa shape index (κ3) is 4.59. The van der Waals surface area contributed by atoms with E-state index in [-0.39, 0.29) is 0 Å². The highest BCUT2D eigenvalue weighted by Crippen LogP contribution is 2.23. The second-order valence-corrected chi connectivity index (χ2v) is 7.48. The van der Waals surface area contributed by atoms with Crippen molar-refractivity contribution in [2.75, 3.05) is 0 Å². The van der Waals surface area contributed by atoms with E-state index in [0.717, 1.165) is 8.95 Å². The third-order valence-corrected chi connectivity index (χ3v) is 5.56. The number of hydrogen-bond acceptors (Lipinski definition) is 0. The van der Waals surface area contributed by atoms with Gasteiger partial charge in [-0.15, -0.1) is 0 Å². The molecule has 3 aromatic carbocycles. The van der Waals surface area contributed by atoms with Gasteiger partial charge < -0.3 is 0 Å². The summed E-state index contributed by atoms with van der Waals surface area (Å²) in [5.74, 6) is 0. The number of rotatable bonds is 4.